The van der Waals surface area contributed by atoms with E-state index in [4.69, 9.17) is 4.74 Å². The molecule has 4 N–H and O–H groups in total. The number of hydrogen-bond donors (Lipinski definition) is 4. The first-order valence-corrected chi connectivity index (χ1v) is 10.6. The number of aromatic hydroxyl groups is 2. The van der Waals surface area contributed by atoms with Crippen LogP contribution in [0.3, 0.4) is 0 Å². The Labute approximate surface area is 182 Å². The minimum atomic E-state index is -0.658. The molecule has 1 amide bonds. The molecular weight excluding hydrogens is 418 g/mol. The number of methoxy groups -OCH3 is 1. The average molecular weight is 439 g/mol. The minimum absolute atomic E-state index is 0.244. The first-order valence-electron chi connectivity index (χ1n) is 9.37. The van der Waals surface area contributed by atoms with E-state index in [0.717, 1.165) is 0 Å². The topological polar surface area (TPSA) is 122 Å². The van der Waals surface area contributed by atoms with Crippen molar-refractivity contribution in [3.63, 3.8) is 0 Å². The summed E-state index contributed by atoms with van der Waals surface area (Å²) >= 11 is 1.38. The van der Waals surface area contributed by atoms with Gasteiger partial charge in [-0.05, 0) is 55.1 Å². The monoisotopic (exact) mass is 439 g/mol. The van der Waals surface area contributed by atoms with Crippen LogP contribution in [0.15, 0.2) is 58.9 Å². The lowest BCUT2D eigenvalue weighted by molar-refractivity contribution is -0.113. The second kappa shape index (κ2) is 8.23. The van der Waals surface area contributed by atoms with E-state index in [1.165, 1.54) is 23.9 Å². The molecule has 2 aromatic carbocycles. The highest BCUT2D eigenvalue weighted by molar-refractivity contribution is 7.98. The summed E-state index contributed by atoms with van der Waals surface area (Å²) in [6.45, 7) is 1.78. The molecular formula is C21H21N5O4S. The van der Waals surface area contributed by atoms with Crippen LogP contribution in [0.1, 0.15) is 18.5 Å². The molecule has 1 aliphatic heterocycles. The fourth-order valence-corrected chi connectivity index (χ4v) is 3.75. The highest BCUT2D eigenvalue weighted by Crippen LogP contribution is 2.39. The zero-order valence-corrected chi connectivity index (χ0v) is 17.9. The Morgan fingerprint density at radius 1 is 1.19 bits per heavy atom. The molecule has 0 fully saturated rings. The van der Waals surface area contributed by atoms with Gasteiger partial charge in [-0.25, -0.2) is 4.68 Å². The van der Waals surface area contributed by atoms with Crippen LogP contribution in [-0.4, -0.2) is 44.3 Å². The Bertz CT molecular complexity index is 1170. The summed E-state index contributed by atoms with van der Waals surface area (Å²) in [6.07, 6.45) is 1.86. The maximum atomic E-state index is 13.3. The van der Waals surface area contributed by atoms with Crippen LogP contribution in [0.2, 0.25) is 0 Å². The second-order valence-electron chi connectivity index (χ2n) is 6.86. The van der Waals surface area contributed by atoms with Gasteiger partial charge >= 0.3 is 0 Å². The van der Waals surface area contributed by atoms with E-state index in [9.17, 15) is 15.0 Å². The number of hydrogen-bond acceptors (Lipinski definition) is 8. The van der Waals surface area contributed by atoms with Gasteiger partial charge in [0.25, 0.3) is 5.91 Å². The Balaban J connectivity index is 1.77. The van der Waals surface area contributed by atoms with Gasteiger partial charge in [0, 0.05) is 11.4 Å². The van der Waals surface area contributed by atoms with E-state index in [1.54, 1.807) is 49.0 Å². The molecule has 0 unspecified atom stereocenters. The number of thioether (sulfide) groups is 1. The molecule has 4 rings (SSSR count). The number of fused-ring (bicyclic) bond motifs is 1. The molecule has 0 aliphatic carbocycles. The number of phenolic OH excluding ortho intramolecular Hbond substituents is 2. The van der Waals surface area contributed by atoms with E-state index >= 15 is 0 Å². The van der Waals surface area contributed by atoms with Gasteiger partial charge in [0.05, 0.1) is 12.7 Å². The average Bonchev–Trinajstić information content (AvgIpc) is 3.18. The van der Waals surface area contributed by atoms with Gasteiger partial charge in [0.1, 0.15) is 11.8 Å². The Hall–Kier alpha value is -3.66. The Morgan fingerprint density at radius 3 is 2.58 bits per heavy atom. The predicted molar refractivity (Wildman–Crippen MR) is 118 cm³/mol. The van der Waals surface area contributed by atoms with Gasteiger partial charge in [-0.3, -0.25) is 4.79 Å². The highest BCUT2D eigenvalue weighted by Gasteiger charge is 2.34. The van der Waals surface area contributed by atoms with Crippen molar-refractivity contribution in [2.24, 2.45) is 0 Å². The number of nitrogens with zero attached hydrogens (tertiary/aromatic N) is 3. The van der Waals surface area contributed by atoms with E-state index in [2.05, 4.69) is 20.7 Å². The molecule has 1 aromatic heterocycles. The molecule has 1 aliphatic rings. The number of carbonyl (C=O) groups is 1. The van der Waals surface area contributed by atoms with Crippen molar-refractivity contribution >= 4 is 29.3 Å². The molecule has 0 bridgehead atoms. The number of anilines is 2. The number of allylic oxidation sites excluding steroid dienone is 1. The van der Waals surface area contributed by atoms with Crippen LogP contribution in [0.4, 0.5) is 11.6 Å². The van der Waals surface area contributed by atoms with E-state index < -0.39 is 6.04 Å². The first-order chi connectivity index (χ1) is 14.9. The summed E-state index contributed by atoms with van der Waals surface area (Å²) in [5, 5.41) is 30.9. The maximum Gasteiger partial charge on any atom is 0.255 e. The third-order valence-electron chi connectivity index (χ3n) is 4.92. The van der Waals surface area contributed by atoms with E-state index in [-0.39, 0.29) is 17.4 Å². The van der Waals surface area contributed by atoms with Crippen LogP contribution in [0.25, 0.3) is 0 Å². The summed E-state index contributed by atoms with van der Waals surface area (Å²) in [6, 6.07) is 10.8. The maximum absolute atomic E-state index is 13.3. The van der Waals surface area contributed by atoms with Crippen molar-refractivity contribution in [3.05, 3.63) is 59.3 Å². The summed E-state index contributed by atoms with van der Waals surface area (Å²) in [5.74, 6) is 0.309. The van der Waals surface area contributed by atoms with Crippen LogP contribution in [-0.2, 0) is 4.79 Å². The van der Waals surface area contributed by atoms with E-state index in [0.29, 0.717) is 39.4 Å². The fraction of sp³-hybridized carbons (Fsp3) is 0.190. The van der Waals surface area contributed by atoms with Gasteiger partial charge < -0.3 is 25.6 Å². The number of rotatable bonds is 5. The fourth-order valence-electron chi connectivity index (χ4n) is 3.40. The Kier molecular flexibility index (Phi) is 5.47. The molecule has 10 heteroatoms. The molecule has 160 valence electrons. The molecule has 2 heterocycles. The molecule has 0 radical (unpaired) electrons. The third kappa shape index (κ3) is 3.89. The van der Waals surface area contributed by atoms with Crippen LogP contribution in [0, 0.1) is 0 Å². The zero-order valence-electron chi connectivity index (χ0n) is 17.1. The number of amides is 1. The minimum Gasteiger partial charge on any atom is -0.504 e. The molecule has 0 saturated carbocycles. The van der Waals surface area contributed by atoms with Gasteiger partial charge in [0.15, 0.2) is 11.5 Å². The van der Waals surface area contributed by atoms with Crippen LogP contribution in [0.5, 0.6) is 17.2 Å². The molecule has 9 nitrogen and oxygen atoms in total. The predicted octanol–water partition coefficient (Wildman–Crippen LogP) is 3.35. The Morgan fingerprint density at radius 2 is 1.94 bits per heavy atom. The third-order valence-corrected chi connectivity index (χ3v) is 5.46. The lowest BCUT2D eigenvalue weighted by atomic mass is 9.94. The summed E-state index contributed by atoms with van der Waals surface area (Å²) < 4.78 is 6.76. The summed E-state index contributed by atoms with van der Waals surface area (Å²) in [4.78, 5) is 17.8. The smallest absolute Gasteiger partial charge is 0.255 e. The van der Waals surface area contributed by atoms with Crippen molar-refractivity contribution in [1.82, 2.24) is 14.8 Å². The second-order valence-corrected chi connectivity index (χ2v) is 7.64. The first kappa shape index (κ1) is 20.6. The van der Waals surface area contributed by atoms with Gasteiger partial charge in [-0.1, -0.05) is 17.8 Å². The number of aromatic nitrogens is 3. The van der Waals surface area contributed by atoms with Crippen LogP contribution < -0.4 is 15.4 Å². The van der Waals surface area contributed by atoms with Crippen molar-refractivity contribution in [2.45, 2.75) is 18.1 Å². The molecule has 1 atom stereocenters. The van der Waals surface area contributed by atoms with Crippen molar-refractivity contribution in [1.29, 1.82) is 0 Å². The number of nitrogens with one attached hydrogen (secondary N) is 2. The summed E-state index contributed by atoms with van der Waals surface area (Å²) in [5.41, 5.74) is 2.20. The van der Waals surface area contributed by atoms with Crippen LogP contribution >= 0.6 is 11.8 Å². The molecule has 3 aromatic rings. The van der Waals surface area contributed by atoms with Gasteiger partial charge in [0.2, 0.25) is 11.1 Å². The normalized spacial score (nSPS) is 15.3. The van der Waals surface area contributed by atoms with E-state index in [1.807, 2.05) is 6.26 Å². The van der Waals surface area contributed by atoms with Gasteiger partial charge in [-0.15, -0.1) is 5.10 Å². The number of carbonyl (C=O) groups excluding carboxylic acids is 1. The lowest BCUT2D eigenvalue weighted by Crippen LogP contribution is -2.31. The number of phenols is 2. The highest BCUT2D eigenvalue weighted by atomic mass is 32.2. The lowest BCUT2D eigenvalue weighted by Gasteiger charge is -2.28. The number of benzene rings is 2. The SMILES string of the molecule is COc1ccc(NC(=O)C2=C(C)Nc3nc(SC)nn3[C@@H]2c2ccc(O)c(O)c2)cc1. The summed E-state index contributed by atoms with van der Waals surface area (Å²) in [7, 11) is 1.58. The van der Waals surface area contributed by atoms with Crippen molar-refractivity contribution in [2.75, 3.05) is 24.0 Å². The molecule has 0 saturated heterocycles. The number of ether oxygens (including phenoxy) is 1. The quantitative estimate of drug-likeness (QED) is 0.353. The zero-order chi connectivity index (χ0) is 22.1. The standard InChI is InChI=1S/C21H21N5O4S/c1-11-17(19(29)23-13-5-7-14(30-2)8-6-13)18(12-4-9-15(27)16(28)10-12)26-20(22-11)24-21(25-26)31-3/h4-10,18,27-28H,1-3H3,(H,23,29)(H,22,24,25)/t18-/m1/s1. The van der Waals surface area contributed by atoms with Gasteiger partial charge in [-0.2, -0.15) is 4.98 Å². The van der Waals surface area contributed by atoms with Crippen molar-refractivity contribution < 1.29 is 19.7 Å². The molecule has 31 heavy (non-hydrogen) atoms. The largest absolute Gasteiger partial charge is 0.504 e. The molecule has 0 spiro atoms. The van der Waals surface area contributed by atoms with Crippen molar-refractivity contribution in [3.8, 4) is 17.2 Å².